The van der Waals surface area contributed by atoms with Crippen molar-refractivity contribution < 1.29 is 9.50 Å². The number of benzene rings is 2. The van der Waals surface area contributed by atoms with E-state index in [0.717, 1.165) is 0 Å². The fourth-order valence-corrected chi connectivity index (χ4v) is 1.04. The maximum Gasteiger partial charge on any atom is 0.128 e. The average Bonchev–Trinajstić information content (AvgIpc) is 2.26. The Kier molecular flexibility index (Phi) is 4.33. The normalized spacial score (nSPS) is 9.12. The highest BCUT2D eigenvalue weighted by Gasteiger charge is 1.93. The number of nitrogens with two attached hydrogens (primary N) is 1. The average molecular weight is 219 g/mol. The van der Waals surface area contributed by atoms with E-state index in [9.17, 15) is 4.39 Å². The lowest BCUT2D eigenvalue weighted by molar-refractivity contribution is 0.475. The van der Waals surface area contributed by atoms with Crippen LogP contribution in [-0.4, -0.2) is 5.11 Å². The van der Waals surface area contributed by atoms with Gasteiger partial charge in [0.05, 0.1) is 0 Å². The first-order valence-corrected chi connectivity index (χ1v) is 4.85. The van der Waals surface area contributed by atoms with Gasteiger partial charge in [0.25, 0.3) is 0 Å². The Morgan fingerprint density at radius 3 is 2.06 bits per heavy atom. The van der Waals surface area contributed by atoms with Crippen molar-refractivity contribution in [3.05, 3.63) is 59.9 Å². The lowest BCUT2D eigenvalue weighted by atomic mass is 10.2. The van der Waals surface area contributed by atoms with E-state index in [1.54, 1.807) is 43.3 Å². The zero-order valence-electron chi connectivity index (χ0n) is 9.02. The maximum absolute atomic E-state index is 12.5. The molecular weight excluding hydrogens is 205 g/mol. The Labute approximate surface area is 94.2 Å². The molecule has 0 saturated heterocycles. The minimum Gasteiger partial charge on any atom is -0.508 e. The van der Waals surface area contributed by atoms with Crippen LogP contribution in [0.1, 0.15) is 5.56 Å². The summed E-state index contributed by atoms with van der Waals surface area (Å²) < 4.78 is 12.5. The minimum atomic E-state index is -0.241. The van der Waals surface area contributed by atoms with Gasteiger partial charge < -0.3 is 10.8 Å². The molecular formula is C13H14FNO. The number of hydrogen-bond acceptors (Lipinski definition) is 2. The van der Waals surface area contributed by atoms with Gasteiger partial charge in [0.1, 0.15) is 11.6 Å². The molecule has 2 rings (SSSR count). The van der Waals surface area contributed by atoms with Crippen molar-refractivity contribution in [3.63, 3.8) is 0 Å². The number of aryl methyl sites for hydroxylation is 1. The molecule has 0 atom stereocenters. The fraction of sp³-hybridized carbons (Fsp3) is 0.0769. The van der Waals surface area contributed by atoms with Crippen LogP contribution >= 0.6 is 0 Å². The first-order valence-electron chi connectivity index (χ1n) is 4.85. The van der Waals surface area contributed by atoms with Gasteiger partial charge in [0.2, 0.25) is 0 Å². The molecule has 0 aliphatic carbocycles. The molecule has 2 nitrogen and oxygen atoms in total. The molecule has 3 N–H and O–H groups in total. The number of anilines is 1. The molecule has 0 aliphatic rings. The van der Waals surface area contributed by atoms with Gasteiger partial charge in [0.15, 0.2) is 0 Å². The van der Waals surface area contributed by atoms with E-state index in [2.05, 4.69) is 0 Å². The SMILES string of the molecule is Cc1ccc(N)cc1F.Oc1ccccc1. The summed E-state index contributed by atoms with van der Waals surface area (Å²) in [5, 5.41) is 8.63. The van der Waals surface area contributed by atoms with Crippen LogP contribution in [0.3, 0.4) is 0 Å². The van der Waals surface area contributed by atoms with E-state index < -0.39 is 0 Å². The van der Waals surface area contributed by atoms with E-state index in [-0.39, 0.29) is 5.82 Å². The second kappa shape index (κ2) is 5.75. The van der Waals surface area contributed by atoms with E-state index in [0.29, 0.717) is 17.0 Å². The standard InChI is InChI=1S/C7H8FN.C6H6O/c1-5-2-3-6(9)4-7(5)8;7-6-4-2-1-3-5-6/h2-4H,9H2,1H3;1-5,7H. The Morgan fingerprint density at radius 1 is 1.06 bits per heavy atom. The summed E-state index contributed by atoms with van der Waals surface area (Å²) >= 11 is 0. The number of phenolic OH excluding ortho intramolecular Hbond substituents is 1. The van der Waals surface area contributed by atoms with Crippen LogP contribution in [0.4, 0.5) is 10.1 Å². The highest BCUT2D eigenvalue weighted by molar-refractivity contribution is 5.39. The number of halogens is 1. The second-order valence-corrected chi connectivity index (χ2v) is 3.34. The van der Waals surface area contributed by atoms with Gasteiger partial charge in [-0.25, -0.2) is 4.39 Å². The Morgan fingerprint density at radius 2 is 1.69 bits per heavy atom. The third-order valence-electron chi connectivity index (χ3n) is 1.95. The van der Waals surface area contributed by atoms with Crippen LogP contribution in [0.5, 0.6) is 5.75 Å². The molecule has 2 aromatic carbocycles. The quantitative estimate of drug-likeness (QED) is 0.669. The molecule has 2 aromatic rings. The van der Waals surface area contributed by atoms with Crippen molar-refractivity contribution >= 4 is 5.69 Å². The summed E-state index contributed by atoms with van der Waals surface area (Å²) in [5.41, 5.74) is 6.39. The maximum atomic E-state index is 12.5. The minimum absolute atomic E-state index is 0.241. The summed E-state index contributed by atoms with van der Waals surface area (Å²) in [6, 6.07) is 13.4. The van der Waals surface area contributed by atoms with E-state index in [1.807, 2.05) is 6.07 Å². The molecule has 0 fully saturated rings. The number of aromatic hydroxyl groups is 1. The highest BCUT2D eigenvalue weighted by Crippen LogP contribution is 2.09. The van der Waals surface area contributed by atoms with Crippen LogP contribution in [0.25, 0.3) is 0 Å². The van der Waals surface area contributed by atoms with E-state index in [4.69, 9.17) is 10.8 Å². The molecule has 0 amide bonds. The van der Waals surface area contributed by atoms with Gasteiger partial charge in [-0.2, -0.15) is 0 Å². The first kappa shape index (κ1) is 12.0. The Hall–Kier alpha value is -2.03. The third-order valence-corrected chi connectivity index (χ3v) is 1.95. The molecule has 0 radical (unpaired) electrons. The van der Waals surface area contributed by atoms with Gasteiger partial charge in [-0.1, -0.05) is 24.3 Å². The third kappa shape index (κ3) is 4.00. The predicted octanol–water partition coefficient (Wildman–Crippen LogP) is 3.11. The smallest absolute Gasteiger partial charge is 0.128 e. The lowest BCUT2D eigenvalue weighted by Gasteiger charge is -1.94. The summed E-state index contributed by atoms with van der Waals surface area (Å²) in [7, 11) is 0. The Bertz CT molecular complexity index is 443. The summed E-state index contributed by atoms with van der Waals surface area (Å²) in [5.74, 6) is 0.0810. The first-order chi connectivity index (χ1) is 7.59. The van der Waals surface area contributed by atoms with Gasteiger partial charge in [-0.3, -0.25) is 0 Å². The molecule has 16 heavy (non-hydrogen) atoms. The van der Waals surface area contributed by atoms with Crippen molar-refractivity contribution in [2.75, 3.05) is 5.73 Å². The molecule has 0 aliphatic heterocycles. The summed E-state index contributed by atoms with van der Waals surface area (Å²) in [4.78, 5) is 0. The number of hydrogen-bond donors (Lipinski definition) is 2. The molecule has 0 spiro atoms. The number of nitrogen functional groups attached to an aromatic ring is 1. The van der Waals surface area contributed by atoms with Gasteiger partial charge in [-0.05, 0) is 36.8 Å². The number of phenols is 1. The van der Waals surface area contributed by atoms with Crippen molar-refractivity contribution in [2.45, 2.75) is 6.92 Å². The van der Waals surface area contributed by atoms with Crippen LogP contribution in [-0.2, 0) is 0 Å². The van der Waals surface area contributed by atoms with Crippen molar-refractivity contribution in [1.82, 2.24) is 0 Å². The molecule has 0 bridgehead atoms. The predicted molar refractivity (Wildman–Crippen MR) is 63.7 cm³/mol. The van der Waals surface area contributed by atoms with E-state index >= 15 is 0 Å². The zero-order valence-corrected chi connectivity index (χ0v) is 9.02. The van der Waals surface area contributed by atoms with Gasteiger partial charge >= 0.3 is 0 Å². The summed E-state index contributed by atoms with van der Waals surface area (Å²) in [6.45, 7) is 1.70. The van der Waals surface area contributed by atoms with Crippen LogP contribution in [0, 0.1) is 12.7 Å². The van der Waals surface area contributed by atoms with Gasteiger partial charge in [0, 0.05) is 5.69 Å². The fourth-order valence-electron chi connectivity index (χ4n) is 1.04. The van der Waals surface area contributed by atoms with Crippen LogP contribution < -0.4 is 5.73 Å². The largest absolute Gasteiger partial charge is 0.508 e. The number of rotatable bonds is 0. The molecule has 3 heteroatoms. The molecule has 0 saturated carbocycles. The van der Waals surface area contributed by atoms with Crippen molar-refractivity contribution in [2.24, 2.45) is 0 Å². The lowest BCUT2D eigenvalue weighted by Crippen LogP contribution is -1.87. The molecule has 0 unspecified atom stereocenters. The molecule has 84 valence electrons. The van der Waals surface area contributed by atoms with Gasteiger partial charge in [-0.15, -0.1) is 0 Å². The highest BCUT2D eigenvalue weighted by atomic mass is 19.1. The molecule has 0 heterocycles. The molecule has 0 aromatic heterocycles. The Balaban J connectivity index is 0.000000165. The van der Waals surface area contributed by atoms with E-state index in [1.165, 1.54) is 6.07 Å². The van der Waals surface area contributed by atoms with Crippen LogP contribution in [0.15, 0.2) is 48.5 Å². The summed E-state index contributed by atoms with van der Waals surface area (Å²) in [6.07, 6.45) is 0. The monoisotopic (exact) mass is 219 g/mol. The number of para-hydroxylation sites is 1. The van der Waals surface area contributed by atoms with Crippen LogP contribution in [0.2, 0.25) is 0 Å². The van der Waals surface area contributed by atoms with Crippen molar-refractivity contribution in [1.29, 1.82) is 0 Å². The second-order valence-electron chi connectivity index (χ2n) is 3.34. The van der Waals surface area contributed by atoms with Crippen molar-refractivity contribution in [3.8, 4) is 5.75 Å². The topological polar surface area (TPSA) is 46.2 Å². The zero-order chi connectivity index (χ0) is 12.0.